The van der Waals surface area contributed by atoms with Gasteiger partial charge >= 0.3 is 5.97 Å². The number of carbonyl (C=O) groups excluding carboxylic acids is 1. The van der Waals surface area contributed by atoms with Gasteiger partial charge in [-0.2, -0.15) is 0 Å². The van der Waals surface area contributed by atoms with Gasteiger partial charge in [0.2, 0.25) is 0 Å². The van der Waals surface area contributed by atoms with Crippen molar-refractivity contribution in [2.45, 2.75) is 17.0 Å². The average molecular weight is 424 g/mol. The Hall–Kier alpha value is -2.97. The van der Waals surface area contributed by atoms with Crippen molar-refractivity contribution >= 4 is 40.0 Å². The lowest BCUT2D eigenvalue weighted by Gasteiger charge is -2.04. The number of thiazole rings is 1. The van der Waals surface area contributed by atoms with E-state index in [1.165, 1.54) is 24.4 Å². The highest BCUT2D eigenvalue weighted by Crippen LogP contribution is 2.30. The van der Waals surface area contributed by atoms with Gasteiger partial charge in [0.05, 0.1) is 35.0 Å². The second-order valence-electron chi connectivity index (χ2n) is 6.39. The van der Waals surface area contributed by atoms with Crippen molar-refractivity contribution in [3.05, 3.63) is 75.1 Å². The summed E-state index contributed by atoms with van der Waals surface area (Å²) in [6, 6.07) is 13.0. The van der Waals surface area contributed by atoms with Crippen molar-refractivity contribution in [1.82, 2.24) is 15.0 Å². The maximum Gasteiger partial charge on any atom is 0.337 e. The second kappa shape index (κ2) is 8.18. The highest BCUT2D eigenvalue weighted by molar-refractivity contribution is 8.00. The van der Waals surface area contributed by atoms with Crippen LogP contribution in [0, 0.1) is 6.92 Å². The molecule has 0 aliphatic heterocycles. The number of benzene rings is 2. The number of nitrogens with zero attached hydrogens (tertiary/aromatic N) is 2. The smallest absolute Gasteiger partial charge is 0.337 e. The van der Waals surface area contributed by atoms with Crippen LogP contribution in [0.3, 0.4) is 0 Å². The van der Waals surface area contributed by atoms with Crippen molar-refractivity contribution in [3.8, 4) is 11.3 Å². The van der Waals surface area contributed by atoms with E-state index < -0.39 is 5.97 Å². The fraction of sp³-hybridized carbons (Fsp3) is 0.143. The number of aryl methyl sites for hydroxylation is 1. The molecule has 4 aromatic rings. The Kier molecular flexibility index (Phi) is 5.46. The van der Waals surface area contributed by atoms with Crippen LogP contribution in [0.1, 0.15) is 21.7 Å². The Morgan fingerprint density at radius 3 is 2.72 bits per heavy atom. The van der Waals surface area contributed by atoms with Crippen LogP contribution in [0.15, 0.2) is 57.0 Å². The van der Waals surface area contributed by atoms with Crippen molar-refractivity contribution in [1.29, 1.82) is 0 Å². The molecule has 6 nitrogen and oxygen atoms in total. The molecule has 0 saturated carbocycles. The highest BCUT2D eigenvalue weighted by Gasteiger charge is 2.11. The van der Waals surface area contributed by atoms with Crippen LogP contribution in [0.5, 0.6) is 0 Å². The molecule has 0 radical (unpaired) electrons. The van der Waals surface area contributed by atoms with Gasteiger partial charge in [0.25, 0.3) is 5.56 Å². The third kappa shape index (κ3) is 4.23. The Labute approximate surface area is 175 Å². The van der Waals surface area contributed by atoms with Crippen molar-refractivity contribution in [3.63, 3.8) is 0 Å². The summed E-state index contributed by atoms with van der Waals surface area (Å²) in [5.41, 5.74) is 3.80. The van der Waals surface area contributed by atoms with Crippen LogP contribution in [0.25, 0.3) is 22.2 Å². The van der Waals surface area contributed by atoms with E-state index in [1.807, 2.05) is 5.38 Å². The van der Waals surface area contributed by atoms with E-state index in [0.717, 1.165) is 15.6 Å². The number of hydrogen-bond acceptors (Lipinski definition) is 7. The van der Waals surface area contributed by atoms with Crippen molar-refractivity contribution in [2.75, 3.05) is 7.11 Å². The van der Waals surface area contributed by atoms with Crippen molar-refractivity contribution < 1.29 is 9.53 Å². The second-order valence-corrected chi connectivity index (χ2v) is 8.47. The number of ether oxygens (including phenoxy) is 1. The number of nitrogens with one attached hydrogen (secondary N) is 1. The first-order valence-corrected chi connectivity index (χ1v) is 10.7. The van der Waals surface area contributed by atoms with Gasteiger partial charge in [-0.05, 0) is 25.1 Å². The van der Waals surface area contributed by atoms with Gasteiger partial charge in [0.1, 0.15) is 5.82 Å². The highest BCUT2D eigenvalue weighted by atomic mass is 32.2. The number of carbonyl (C=O) groups is 1. The Bertz CT molecular complexity index is 1250. The van der Waals surface area contributed by atoms with Gasteiger partial charge in [-0.3, -0.25) is 4.79 Å². The van der Waals surface area contributed by atoms with Crippen LogP contribution in [-0.2, 0) is 10.5 Å². The topological polar surface area (TPSA) is 84.9 Å². The standard InChI is InChI=1S/C21H17N3O3S2/c1-12-3-5-13(6-4-12)17-10-28-21(23-17)29-11-18-22-16-9-14(20(26)27-2)7-8-15(16)19(25)24-18/h3-10H,11H2,1-2H3,(H,22,24,25). The molecule has 0 atom stereocenters. The van der Waals surface area contributed by atoms with Crippen LogP contribution in [-0.4, -0.2) is 28.0 Å². The van der Waals surface area contributed by atoms with Crippen LogP contribution in [0.4, 0.5) is 0 Å². The fourth-order valence-electron chi connectivity index (χ4n) is 2.81. The van der Waals surface area contributed by atoms with Crippen molar-refractivity contribution in [2.24, 2.45) is 0 Å². The summed E-state index contributed by atoms with van der Waals surface area (Å²) in [6.45, 7) is 2.05. The summed E-state index contributed by atoms with van der Waals surface area (Å²) in [4.78, 5) is 36.0. The van der Waals surface area contributed by atoms with E-state index in [9.17, 15) is 9.59 Å². The van der Waals surface area contributed by atoms with E-state index in [0.29, 0.717) is 28.0 Å². The number of fused-ring (bicyclic) bond motifs is 1. The number of thioether (sulfide) groups is 1. The SMILES string of the molecule is COC(=O)c1ccc2c(=O)[nH]c(CSc3nc(-c4ccc(C)cc4)cs3)nc2c1. The lowest BCUT2D eigenvalue weighted by molar-refractivity contribution is 0.0601. The number of aromatic amines is 1. The summed E-state index contributed by atoms with van der Waals surface area (Å²) >= 11 is 3.06. The normalized spacial score (nSPS) is 11.0. The summed E-state index contributed by atoms with van der Waals surface area (Å²) < 4.78 is 5.63. The number of hydrogen-bond donors (Lipinski definition) is 1. The molecular formula is C21H17N3O3S2. The molecule has 0 unspecified atom stereocenters. The third-order valence-corrected chi connectivity index (χ3v) is 6.37. The molecule has 29 heavy (non-hydrogen) atoms. The molecule has 0 saturated heterocycles. The molecule has 0 fully saturated rings. The maximum atomic E-state index is 12.3. The quantitative estimate of drug-likeness (QED) is 0.377. The number of H-pyrrole nitrogens is 1. The Morgan fingerprint density at radius 1 is 1.17 bits per heavy atom. The van der Waals surface area contributed by atoms with Crippen LogP contribution in [0.2, 0.25) is 0 Å². The monoisotopic (exact) mass is 423 g/mol. The van der Waals surface area contributed by atoms with Gasteiger partial charge in [0.15, 0.2) is 4.34 Å². The molecule has 2 heterocycles. The molecule has 0 aliphatic rings. The van der Waals surface area contributed by atoms with Gasteiger partial charge in [-0.15, -0.1) is 11.3 Å². The van der Waals surface area contributed by atoms with Crippen LogP contribution >= 0.6 is 23.1 Å². The summed E-state index contributed by atoms with van der Waals surface area (Å²) in [6.07, 6.45) is 0. The van der Waals surface area contributed by atoms with Gasteiger partial charge in [-0.25, -0.2) is 14.8 Å². The van der Waals surface area contributed by atoms with Gasteiger partial charge in [0, 0.05) is 10.9 Å². The zero-order chi connectivity index (χ0) is 20.4. The predicted molar refractivity (Wildman–Crippen MR) is 116 cm³/mol. The van der Waals surface area contributed by atoms with E-state index in [-0.39, 0.29) is 5.56 Å². The van der Waals surface area contributed by atoms with Crippen LogP contribution < -0.4 is 5.56 Å². The summed E-state index contributed by atoms with van der Waals surface area (Å²) in [7, 11) is 1.32. The van der Waals surface area contributed by atoms with E-state index >= 15 is 0 Å². The molecule has 0 spiro atoms. The molecule has 0 amide bonds. The first-order valence-electron chi connectivity index (χ1n) is 8.80. The minimum absolute atomic E-state index is 0.235. The maximum absolute atomic E-state index is 12.3. The molecule has 0 aliphatic carbocycles. The van der Waals surface area contributed by atoms with E-state index in [1.54, 1.807) is 29.5 Å². The number of rotatable bonds is 5. The summed E-state index contributed by atoms with van der Waals surface area (Å²) in [5, 5.41) is 2.45. The Balaban J connectivity index is 1.54. The molecular weight excluding hydrogens is 406 g/mol. The largest absolute Gasteiger partial charge is 0.465 e. The van der Waals surface area contributed by atoms with E-state index in [4.69, 9.17) is 4.74 Å². The third-order valence-electron chi connectivity index (χ3n) is 4.34. The molecule has 146 valence electrons. The molecule has 8 heteroatoms. The lowest BCUT2D eigenvalue weighted by Crippen LogP contribution is -2.12. The number of esters is 1. The molecule has 4 rings (SSSR count). The lowest BCUT2D eigenvalue weighted by atomic mass is 10.1. The Morgan fingerprint density at radius 2 is 1.97 bits per heavy atom. The van der Waals surface area contributed by atoms with Gasteiger partial charge < -0.3 is 9.72 Å². The minimum Gasteiger partial charge on any atom is -0.465 e. The van der Waals surface area contributed by atoms with Gasteiger partial charge in [-0.1, -0.05) is 41.6 Å². The molecule has 2 aromatic carbocycles. The molecule has 0 bridgehead atoms. The number of aromatic nitrogens is 3. The zero-order valence-electron chi connectivity index (χ0n) is 15.8. The van der Waals surface area contributed by atoms with E-state index in [2.05, 4.69) is 46.1 Å². The average Bonchev–Trinajstić information content (AvgIpc) is 3.21. The zero-order valence-corrected chi connectivity index (χ0v) is 17.4. The first kappa shape index (κ1) is 19.4. The summed E-state index contributed by atoms with van der Waals surface area (Å²) in [5.74, 6) is 0.534. The minimum atomic E-state index is -0.462. The fourth-order valence-corrected chi connectivity index (χ4v) is 4.52. The first-order chi connectivity index (χ1) is 14.0. The number of methoxy groups -OCH3 is 1. The molecule has 1 N–H and O–H groups in total. The predicted octanol–water partition coefficient (Wildman–Crippen LogP) is 4.43. The molecule has 2 aromatic heterocycles.